The predicted molar refractivity (Wildman–Crippen MR) is 98.7 cm³/mol. The van der Waals surface area contributed by atoms with Crippen LogP contribution in [0.15, 0.2) is 18.2 Å². The maximum atomic E-state index is 12.4. The van der Waals surface area contributed by atoms with Gasteiger partial charge in [0, 0.05) is 26.2 Å². The van der Waals surface area contributed by atoms with Crippen molar-refractivity contribution >= 4 is 11.8 Å². The van der Waals surface area contributed by atoms with E-state index in [1.807, 2.05) is 46.0 Å². The summed E-state index contributed by atoms with van der Waals surface area (Å²) >= 11 is 0. The lowest BCUT2D eigenvalue weighted by Crippen LogP contribution is -2.40. The fourth-order valence-electron chi connectivity index (χ4n) is 3.18. The van der Waals surface area contributed by atoms with Crippen molar-refractivity contribution in [2.45, 2.75) is 39.3 Å². The Labute approximate surface area is 150 Å². The van der Waals surface area contributed by atoms with E-state index >= 15 is 0 Å². The smallest absolute Gasteiger partial charge is 0.410 e. The average molecular weight is 350 g/mol. The lowest BCUT2D eigenvalue weighted by molar-refractivity contribution is 0.0287. The molecule has 0 bridgehead atoms. The number of ether oxygens (including phenoxy) is 3. The number of nitrogens with zero attached hydrogens (tertiary/aromatic N) is 2. The molecule has 1 saturated heterocycles. The van der Waals surface area contributed by atoms with Crippen molar-refractivity contribution in [3.63, 3.8) is 0 Å². The maximum Gasteiger partial charge on any atom is 0.410 e. The van der Waals surface area contributed by atoms with Gasteiger partial charge in [-0.25, -0.2) is 4.79 Å². The van der Waals surface area contributed by atoms with Gasteiger partial charge in [0.2, 0.25) is 0 Å². The molecule has 1 heterocycles. The second-order valence-electron chi connectivity index (χ2n) is 7.58. The molecular weight excluding hydrogens is 320 g/mol. The van der Waals surface area contributed by atoms with Gasteiger partial charge in [-0.2, -0.15) is 0 Å². The van der Waals surface area contributed by atoms with Gasteiger partial charge in [-0.3, -0.25) is 0 Å². The minimum absolute atomic E-state index is 0.190. The van der Waals surface area contributed by atoms with E-state index in [9.17, 15) is 4.79 Å². The molecule has 0 aliphatic carbocycles. The molecule has 0 aromatic heterocycles. The quantitative estimate of drug-likeness (QED) is 0.833. The fraction of sp³-hybridized carbons (Fsp3) is 0.632. The molecule has 6 nitrogen and oxygen atoms in total. The van der Waals surface area contributed by atoms with Gasteiger partial charge < -0.3 is 24.0 Å². The molecule has 0 N–H and O–H groups in total. The summed E-state index contributed by atoms with van der Waals surface area (Å²) in [4.78, 5) is 16.3. The Morgan fingerprint density at radius 2 is 1.88 bits per heavy atom. The summed E-state index contributed by atoms with van der Waals surface area (Å²) in [6.07, 6.45) is -0.253. The summed E-state index contributed by atoms with van der Waals surface area (Å²) in [6, 6.07) is 5.96. The summed E-state index contributed by atoms with van der Waals surface area (Å²) in [6.45, 7) is 9.12. The number of hydrogen-bond donors (Lipinski definition) is 0. The fourth-order valence-corrected chi connectivity index (χ4v) is 3.18. The second kappa shape index (κ2) is 7.42. The van der Waals surface area contributed by atoms with Gasteiger partial charge in [0.25, 0.3) is 0 Å². The van der Waals surface area contributed by atoms with Gasteiger partial charge in [-0.15, -0.1) is 0 Å². The average Bonchev–Trinajstić information content (AvgIpc) is 2.94. The molecule has 1 amide bonds. The van der Waals surface area contributed by atoms with E-state index in [2.05, 4.69) is 11.8 Å². The van der Waals surface area contributed by atoms with E-state index in [4.69, 9.17) is 14.2 Å². The Kier molecular flexibility index (Phi) is 5.70. The van der Waals surface area contributed by atoms with Crippen molar-refractivity contribution in [1.82, 2.24) is 4.90 Å². The van der Waals surface area contributed by atoms with Crippen LogP contribution in [0.3, 0.4) is 0 Å². The molecule has 1 aromatic rings. The van der Waals surface area contributed by atoms with E-state index in [0.29, 0.717) is 19.0 Å². The second-order valence-corrected chi connectivity index (χ2v) is 7.58. The number of benzene rings is 1. The molecule has 1 aliphatic rings. The molecule has 1 aromatic carbocycles. The zero-order valence-corrected chi connectivity index (χ0v) is 16.3. The number of hydrogen-bond acceptors (Lipinski definition) is 5. The van der Waals surface area contributed by atoms with Crippen LogP contribution in [0.5, 0.6) is 11.5 Å². The third-order valence-electron chi connectivity index (χ3n) is 4.49. The highest BCUT2D eigenvalue weighted by atomic mass is 16.6. The third kappa shape index (κ3) is 4.50. The molecule has 0 radical (unpaired) electrons. The van der Waals surface area contributed by atoms with Crippen LogP contribution in [0.4, 0.5) is 10.5 Å². The highest BCUT2D eigenvalue weighted by molar-refractivity contribution is 5.69. The van der Waals surface area contributed by atoms with Crippen molar-refractivity contribution in [1.29, 1.82) is 0 Å². The van der Waals surface area contributed by atoms with Crippen molar-refractivity contribution < 1.29 is 19.0 Å². The van der Waals surface area contributed by atoms with Gasteiger partial charge in [-0.05, 0) is 38.8 Å². The Hall–Kier alpha value is -2.11. The first kappa shape index (κ1) is 19.2. The highest BCUT2D eigenvalue weighted by Crippen LogP contribution is 2.35. The van der Waals surface area contributed by atoms with E-state index in [-0.39, 0.29) is 12.1 Å². The number of methoxy groups -OCH3 is 2. The molecule has 140 valence electrons. The molecule has 2 rings (SSSR count). The number of rotatable bonds is 4. The van der Waals surface area contributed by atoms with Crippen LogP contribution in [0.2, 0.25) is 0 Å². The molecule has 25 heavy (non-hydrogen) atoms. The van der Waals surface area contributed by atoms with Crippen LogP contribution in [-0.4, -0.2) is 57.0 Å². The zero-order chi connectivity index (χ0) is 18.8. The number of amides is 1. The molecule has 1 fully saturated rings. The zero-order valence-electron chi connectivity index (χ0n) is 16.3. The van der Waals surface area contributed by atoms with Crippen LogP contribution in [0, 0.1) is 5.92 Å². The van der Waals surface area contributed by atoms with E-state index in [1.165, 1.54) is 0 Å². The van der Waals surface area contributed by atoms with E-state index in [1.54, 1.807) is 19.1 Å². The standard InChI is InChI=1S/C19H30N2O4/c1-13-11-21(18(22)25-19(2,3)4)12-16(13)20(5)15-9-8-14(23-6)10-17(15)24-7/h8-10,13,16H,11-12H2,1-7H3. The van der Waals surface area contributed by atoms with Crippen LogP contribution in [0.1, 0.15) is 27.7 Å². The summed E-state index contributed by atoms with van der Waals surface area (Å²) in [5.74, 6) is 1.83. The lowest BCUT2D eigenvalue weighted by Gasteiger charge is -2.30. The Balaban J connectivity index is 2.15. The highest BCUT2D eigenvalue weighted by Gasteiger charge is 2.37. The monoisotopic (exact) mass is 350 g/mol. The van der Waals surface area contributed by atoms with Crippen molar-refractivity contribution in [2.24, 2.45) is 5.92 Å². The number of likely N-dealkylation sites (tertiary alicyclic amines) is 1. The van der Waals surface area contributed by atoms with Crippen molar-refractivity contribution in [3.05, 3.63) is 18.2 Å². The molecule has 0 saturated carbocycles. The minimum Gasteiger partial charge on any atom is -0.497 e. The summed E-state index contributed by atoms with van der Waals surface area (Å²) in [5.41, 5.74) is 0.495. The number of anilines is 1. The Bertz CT molecular complexity index is 612. The van der Waals surface area contributed by atoms with Crippen molar-refractivity contribution in [2.75, 3.05) is 39.3 Å². The van der Waals surface area contributed by atoms with Crippen LogP contribution in [-0.2, 0) is 4.74 Å². The first-order chi connectivity index (χ1) is 11.7. The normalized spacial score (nSPS) is 20.4. The molecule has 0 spiro atoms. The van der Waals surface area contributed by atoms with E-state index in [0.717, 1.165) is 17.2 Å². The topological polar surface area (TPSA) is 51.2 Å². The Morgan fingerprint density at radius 3 is 2.44 bits per heavy atom. The number of carbonyl (C=O) groups excluding carboxylic acids is 1. The van der Waals surface area contributed by atoms with Crippen LogP contribution < -0.4 is 14.4 Å². The van der Waals surface area contributed by atoms with Gasteiger partial charge in [-0.1, -0.05) is 6.92 Å². The summed E-state index contributed by atoms with van der Waals surface area (Å²) in [7, 11) is 5.32. The SMILES string of the molecule is COc1ccc(N(C)C2CN(C(=O)OC(C)(C)C)CC2C)c(OC)c1. The number of likely N-dealkylation sites (N-methyl/N-ethyl adjacent to an activating group) is 1. The molecule has 1 aliphatic heterocycles. The van der Waals surface area contributed by atoms with E-state index < -0.39 is 5.60 Å². The van der Waals surface area contributed by atoms with Crippen LogP contribution >= 0.6 is 0 Å². The van der Waals surface area contributed by atoms with Gasteiger partial charge in [0.05, 0.1) is 25.9 Å². The first-order valence-corrected chi connectivity index (χ1v) is 8.59. The minimum atomic E-state index is -0.483. The first-order valence-electron chi connectivity index (χ1n) is 8.59. The third-order valence-corrected chi connectivity index (χ3v) is 4.49. The summed E-state index contributed by atoms with van der Waals surface area (Å²) in [5, 5.41) is 0. The maximum absolute atomic E-state index is 12.4. The largest absolute Gasteiger partial charge is 0.497 e. The number of carbonyl (C=O) groups is 1. The van der Waals surface area contributed by atoms with Crippen LogP contribution in [0.25, 0.3) is 0 Å². The molecular formula is C19H30N2O4. The Morgan fingerprint density at radius 1 is 1.20 bits per heavy atom. The predicted octanol–water partition coefficient (Wildman–Crippen LogP) is 3.40. The molecule has 6 heteroatoms. The van der Waals surface area contributed by atoms with Gasteiger partial charge in [0.15, 0.2) is 0 Å². The van der Waals surface area contributed by atoms with Gasteiger partial charge >= 0.3 is 6.09 Å². The molecule has 2 unspecified atom stereocenters. The van der Waals surface area contributed by atoms with Gasteiger partial charge in [0.1, 0.15) is 17.1 Å². The van der Waals surface area contributed by atoms with Crippen molar-refractivity contribution in [3.8, 4) is 11.5 Å². The molecule has 2 atom stereocenters. The lowest BCUT2D eigenvalue weighted by atomic mass is 10.0. The summed E-state index contributed by atoms with van der Waals surface area (Å²) < 4.78 is 16.3.